The molecule has 5 nitrogen and oxygen atoms in total. The molecule has 0 bridgehead atoms. The van der Waals surface area contributed by atoms with Crippen LogP contribution in [0.1, 0.15) is 25.8 Å². The summed E-state index contributed by atoms with van der Waals surface area (Å²) in [6.07, 6.45) is 3.71. The topological polar surface area (TPSA) is 58.4 Å². The van der Waals surface area contributed by atoms with Crippen LogP contribution in [0.4, 0.5) is 0 Å². The van der Waals surface area contributed by atoms with Crippen LogP contribution in [0, 0.1) is 5.92 Å². The number of fused-ring (bicyclic) bond motifs is 1. The van der Waals surface area contributed by atoms with E-state index in [2.05, 4.69) is 4.98 Å². The maximum atomic E-state index is 12.7. The van der Waals surface area contributed by atoms with Crippen molar-refractivity contribution in [2.45, 2.75) is 25.8 Å². The fourth-order valence-corrected chi connectivity index (χ4v) is 3.08. The van der Waals surface area contributed by atoms with Crippen LogP contribution in [0.25, 0.3) is 11.0 Å². The molecule has 1 saturated heterocycles. The van der Waals surface area contributed by atoms with Gasteiger partial charge < -0.3 is 14.6 Å². The highest BCUT2D eigenvalue weighted by atomic mass is 16.3. The fraction of sp³-hybridized carbons (Fsp3) is 0.500. The van der Waals surface area contributed by atoms with E-state index < -0.39 is 0 Å². The predicted octanol–water partition coefficient (Wildman–Crippen LogP) is 1.83. The third-order valence-electron chi connectivity index (χ3n) is 4.34. The van der Waals surface area contributed by atoms with Gasteiger partial charge in [-0.3, -0.25) is 4.79 Å². The number of carbonyl (C=O) groups is 1. The molecular formula is C16H21N3O2. The Labute approximate surface area is 124 Å². The Morgan fingerprint density at radius 1 is 1.48 bits per heavy atom. The standard InChI is InChI=1S/C16H21N3O2/c1-12(16(21)18-8-4-5-13(9-18)10-20)19-11-17-14-6-2-3-7-15(14)19/h2-3,6-7,11-13,20H,4-5,8-10H2,1H3. The Morgan fingerprint density at radius 2 is 2.29 bits per heavy atom. The average Bonchev–Trinajstić information content (AvgIpc) is 2.97. The van der Waals surface area contributed by atoms with E-state index in [1.807, 2.05) is 40.7 Å². The number of aromatic nitrogens is 2. The van der Waals surface area contributed by atoms with E-state index in [1.54, 1.807) is 6.33 Å². The van der Waals surface area contributed by atoms with Crippen molar-refractivity contribution in [1.82, 2.24) is 14.5 Å². The van der Waals surface area contributed by atoms with Crippen LogP contribution in [0.15, 0.2) is 30.6 Å². The van der Waals surface area contributed by atoms with Gasteiger partial charge in [-0.15, -0.1) is 0 Å². The predicted molar refractivity (Wildman–Crippen MR) is 80.8 cm³/mol. The first-order valence-electron chi connectivity index (χ1n) is 7.52. The molecule has 0 radical (unpaired) electrons. The first-order valence-corrected chi connectivity index (χ1v) is 7.52. The molecule has 2 aromatic rings. The molecule has 1 N–H and O–H groups in total. The van der Waals surface area contributed by atoms with Crippen molar-refractivity contribution >= 4 is 16.9 Å². The Hall–Kier alpha value is -1.88. The van der Waals surface area contributed by atoms with Crippen molar-refractivity contribution in [3.8, 4) is 0 Å². The molecule has 1 amide bonds. The maximum absolute atomic E-state index is 12.7. The Morgan fingerprint density at radius 3 is 3.10 bits per heavy atom. The van der Waals surface area contributed by atoms with Crippen molar-refractivity contribution in [2.75, 3.05) is 19.7 Å². The molecule has 1 aliphatic heterocycles. The van der Waals surface area contributed by atoms with E-state index in [1.165, 1.54) is 0 Å². The molecule has 1 aliphatic rings. The van der Waals surface area contributed by atoms with Gasteiger partial charge in [0.1, 0.15) is 6.04 Å². The molecule has 0 saturated carbocycles. The molecule has 112 valence electrons. The normalized spacial score (nSPS) is 20.7. The number of nitrogens with zero attached hydrogens (tertiary/aromatic N) is 3. The van der Waals surface area contributed by atoms with Crippen molar-refractivity contribution < 1.29 is 9.90 Å². The summed E-state index contributed by atoms with van der Waals surface area (Å²) < 4.78 is 1.93. The molecule has 0 aliphatic carbocycles. The smallest absolute Gasteiger partial charge is 0.245 e. The van der Waals surface area contributed by atoms with Gasteiger partial charge in [-0.1, -0.05) is 12.1 Å². The molecule has 1 aromatic heterocycles. The van der Waals surface area contributed by atoms with Crippen LogP contribution < -0.4 is 0 Å². The largest absolute Gasteiger partial charge is 0.396 e. The summed E-state index contributed by atoms with van der Waals surface area (Å²) in [4.78, 5) is 18.9. The zero-order valence-corrected chi connectivity index (χ0v) is 12.3. The molecule has 21 heavy (non-hydrogen) atoms. The second kappa shape index (κ2) is 5.85. The Kier molecular flexibility index (Phi) is 3.92. The number of amides is 1. The quantitative estimate of drug-likeness (QED) is 0.937. The van der Waals surface area contributed by atoms with Crippen LogP contribution >= 0.6 is 0 Å². The van der Waals surface area contributed by atoms with Gasteiger partial charge in [-0.25, -0.2) is 4.98 Å². The number of rotatable bonds is 3. The van der Waals surface area contributed by atoms with Crippen LogP contribution in [0.5, 0.6) is 0 Å². The average molecular weight is 287 g/mol. The van der Waals surface area contributed by atoms with Gasteiger partial charge in [-0.05, 0) is 37.8 Å². The third kappa shape index (κ3) is 2.65. The number of carbonyl (C=O) groups excluding carboxylic acids is 1. The Bertz CT molecular complexity index is 637. The summed E-state index contributed by atoms with van der Waals surface area (Å²) in [5, 5.41) is 9.30. The lowest BCUT2D eigenvalue weighted by Gasteiger charge is -2.33. The molecule has 0 spiro atoms. The van der Waals surface area contributed by atoms with Gasteiger partial charge in [0.15, 0.2) is 0 Å². The van der Waals surface area contributed by atoms with Crippen molar-refractivity contribution in [3.63, 3.8) is 0 Å². The SMILES string of the molecule is CC(C(=O)N1CCCC(CO)C1)n1cnc2ccccc21. The van der Waals surface area contributed by atoms with Crippen LogP contribution in [-0.4, -0.2) is 45.2 Å². The van der Waals surface area contributed by atoms with Crippen molar-refractivity contribution in [3.05, 3.63) is 30.6 Å². The molecule has 3 rings (SSSR count). The van der Waals surface area contributed by atoms with E-state index in [-0.39, 0.29) is 24.5 Å². The minimum atomic E-state index is -0.269. The lowest BCUT2D eigenvalue weighted by atomic mass is 9.98. The third-order valence-corrected chi connectivity index (χ3v) is 4.34. The highest BCUT2D eigenvalue weighted by Crippen LogP contribution is 2.22. The highest BCUT2D eigenvalue weighted by molar-refractivity contribution is 5.83. The van der Waals surface area contributed by atoms with Crippen LogP contribution in [0.3, 0.4) is 0 Å². The second-order valence-electron chi connectivity index (χ2n) is 5.79. The molecule has 1 fully saturated rings. The van der Waals surface area contributed by atoms with E-state index >= 15 is 0 Å². The molecule has 1 aromatic carbocycles. The summed E-state index contributed by atoms with van der Waals surface area (Å²) in [5.41, 5.74) is 1.89. The lowest BCUT2D eigenvalue weighted by molar-refractivity contribution is -0.136. The number of piperidine rings is 1. The zero-order chi connectivity index (χ0) is 14.8. The van der Waals surface area contributed by atoms with E-state index in [0.29, 0.717) is 6.54 Å². The number of imidazole rings is 1. The monoisotopic (exact) mass is 287 g/mol. The number of aliphatic hydroxyl groups is 1. The van der Waals surface area contributed by atoms with Gasteiger partial charge in [0, 0.05) is 19.7 Å². The molecule has 2 unspecified atom stereocenters. The molecular weight excluding hydrogens is 266 g/mol. The van der Waals surface area contributed by atoms with Crippen LogP contribution in [0.2, 0.25) is 0 Å². The van der Waals surface area contributed by atoms with Crippen LogP contribution in [-0.2, 0) is 4.79 Å². The second-order valence-corrected chi connectivity index (χ2v) is 5.79. The van der Waals surface area contributed by atoms with Gasteiger partial charge in [-0.2, -0.15) is 0 Å². The summed E-state index contributed by atoms with van der Waals surface area (Å²) >= 11 is 0. The first kappa shape index (κ1) is 14.1. The summed E-state index contributed by atoms with van der Waals surface area (Å²) in [6, 6.07) is 7.57. The van der Waals surface area contributed by atoms with Gasteiger partial charge >= 0.3 is 0 Å². The molecule has 2 heterocycles. The van der Waals surface area contributed by atoms with Crippen molar-refractivity contribution in [2.24, 2.45) is 5.92 Å². The number of para-hydroxylation sites is 2. The number of aliphatic hydroxyl groups excluding tert-OH is 1. The minimum absolute atomic E-state index is 0.108. The number of hydrogen-bond acceptors (Lipinski definition) is 3. The lowest BCUT2D eigenvalue weighted by Crippen LogP contribution is -2.43. The van der Waals surface area contributed by atoms with Crippen molar-refractivity contribution in [1.29, 1.82) is 0 Å². The molecule has 2 atom stereocenters. The van der Waals surface area contributed by atoms with E-state index in [4.69, 9.17) is 0 Å². The van der Waals surface area contributed by atoms with Gasteiger partial charge in [0.05, 0.1) is 17.4 Å². The van der Waals surface area contributed by atoms with E-state index in [9.17, 15) is 9.90 Å². The van der Waals surface area contributed by atoms with Gasteiger partial charge in [0.25, 0.3) is 0 Å². The highest BCUT2D eigenvalue weighted by Gasteiger charge is 2.27. The summed E-state index contributed by atoms with van der Waals surface area (Å²) in [6.45, 7) is 3.52. The van der Waals surface area contributed by atoms with Gasteiger partial charge in [0.2, 0.25) is 5.91 Å². The number of benzene rings is 1. The minimum Gasteiger partial charge on any atom is -0.396 e. The summed E-state index contributed by atoms with van der Waals surface area (Å²) in [5.74, 6) is 0.325. The van der Waals surface area contributed by atoms with E-state index in [0.717, 1.165) is 30.4 Å². The summed E-state index contributed by atoms with van der Waals surface area (Å²) in [7, 11) is 0. The zero-order valence-electron chi connectivity index (χ0n) is 12.3. The maximum Gasteiger partial charge on any atom is 0.245 e. The number of likely N-dealkylation sites (tertiary alicyclic amines) is 1. The first-order chi connectivity index (χ1) is 10.2. The Balaban J connectivity index is 1.81. The fourth-order valence-electron chi connectivity index (χ4n) is 3.08. The molecule has 5 heteroatoms. The number of hydrogen-bond donors (Lipinski definition) is 1.